The van der Waals surface area contributed by atoms with Crippen molar-refractivity contribution in [2.75, 3.05) is 17.6 Å². The van der Waals surface area contributed by atoms with Crippen molar-refractivity contribution in [3.05, 3.63) is 59.7 Å². The molecule has 0 fully saturated rings. The SMILES string of the molecule is Nc1c(NCCCc2ccccc2)cccc1C(=O)O. The minimum atomic E-state index is -1.00. The van der Waals surface area contributed by atoms with E-state index in [9.17, 15) is 4.79 Å². The summed E-state index contributed by atoms with van der Waals surface area (Å²) in [5.41, 5.74) is 8.23. The van der Waals surface area contributed by atoms with E-state index in [0.717, 1.165) is 19.4 Å². The number of hydrogen-bond donors (Lipinski definition) is 3. The molecule has 0 unspecified atom stereocenters. The summed E-state index contributed by atoms with van der Waals surface area (Å²) in [5, 5.41) is 12.2. The molecule has 0 spiro atoms. The third-order valence-corrected chi connectivity index (χ3v) is 3.14. The largest absolute Gasteiger partial charge is 0.478 e. The normalized spacial score (nSPS) is 10.2. The minimum absolute atomic E-state index is 0.137. The van der Waals surface area contributed by atoms with Gasteiger partial charge in [-0.1, -0.05) is 36.4 Å². The number of carboxylic acids is 1. The van der Waals surface area contributed by atoms with E-state index in [1.54, 1.807) is 12.1 Å². The summed E-state index contributed by atoms with van der Waals surface area (Å²) in [7, 11) is 0. The highest BCUT2D eigenvalue weighted by molar-refractivity contribution is 5.97. The highest BCUT2D eigenvalue weighted by atomic mass is 16.4. The van der Waals surface area contributed by atoms with Gasteiger partial charge < -0.3 is 16.2 Å². The molecule has 2 aromatic carbocycles. The van der Waals surface area contributed by atoms with E-state index in [-0.39, 0.29) is 5.56 Å². The average molecular weight is 270 g/mol. The summed E-state index contributed by atoms with van der Waals surface area (Å²) in [6, 6.07) is 15.2. The summed E-state index contributed by atoms with van der Waals surface area (Å²) in [6.45, 7) is 0.752. The Kier molecular flexibility index (Phi) is 4.60. The zero-order valence-electron chi connectivity index (χ0n) is 11.2. The molecular formula is C16H18N2O2. The second-order valence-electron chi connectivity index (χ2n) is 4.59. The molecule has 0 heterocycles. The van der Waals surface area contributed by atoms with Crippen LogP contribution in [0.4, 0.5) is 11.4 Å². The van der Waals surface area contributed by atoms with Gasteiger partial charge in [-0.3, -0.25) is 0 Å². The number of carbonyl (C=O) groups is 1. The molecule has 4 heteroatoms. The lowest BCUT2D eigenvalue weighted by molar-refractivity contribution is 0.0698. The van der Waals surface area contributed by atoms with Gasteiger partial charge in [0.25, 0.3) is 0 Å². The molecule has 0 amide bonds. The number of para-hydroxylation sites is 1. The van der Waals surface area contributed by atoms with Crippen LogP contribution in [0.25, 0.3) is 0 Å². The third kappa shape index (κ3) is 3.51. The van der Waals surface area contributed by atoms with Crippen molar-refractivity contribution in [3.8, 4) is 0 Å². The molecule has 2 aromatic rings. The number of benzene rings is 2. The minimum Gasteiger partial charge on any atom is -0.478 e. The fourth-order valence-electron chi connectivity index (χ4n) is 2.07. The van der Waals surface area contributed by atoms with E-state index in [1.165, 1.54) is 11.6 Å². The van der Waals surface area contributed by atoms with E-state index < -0.39 is 5.97 Å². The fourth-order valence-corrected chi connectivity index (χ4v) is 2.07. The fraction of sp³-hybridized carbons (Fsp3) is 0.188. The van der Waals surface area contributed by atoms with Crippen molar-refractivity contribution in [2.45, 2.75) is 12.8 Å². The first kappa shape index (κ1) is 13.9. The lowest BCUT2D eigenvalue weighted by Gasteiger charge is -2.11. The number of nitrogens with one attached hydrogen (secondary N) is 1. The topological polar surface area (TPSA) is 75.3 Å². The van der Waals surface area contributed by atoms with Crippen LogP contribution in [-0.2, 0) is 6.42 Å². The van der Waals surface area contributed by atoms with Gasteiger partial charge in [0, 0.05) is 6.54 Å². The first-order chi connectivity index (χ1) is 9.68. The highest BCUT2D eigenvalue weighted by Gasteiger charge is 2.10. The first-order valence-corrected chi connectivity index (χ1v) is 6.58. The van der Waals surface area contributed by atoms with Crippen molar-refractivity contribution in [2.24, 2.45) is 0 Å². The van der Waals surface area contributed by atoms with Gasteiger partial charge in [-0.05, 0) is 30.5 Å². The molecule has 0 bridgehead atoms. The third-order valence-electron chi connectivity index (χ3n) is 3.14. The molecule has 0 atom stereocenters. The molecule has 0 aliphatic heterocycles. The predicted octanol–water partition coefficient (Wildman–Crippen LogP) is 3.01. The van der Waals surface area contributed by atoms with Gasteiger partial charge >= 0.3 is 5.97 Å². The Bertz CT molecular complexity index is 582. The van der Waals surface area contributed by atoms with Crippen LogP contribution in [0.2, 0.25) is 0 Å². The van der Waals surface area contributed by atoms with Crippen LogP contribution < -0.4 is 11.1 Å². The Labute approximate surface area is 118 Å². The molecule has 0 saturated carbocycles. The molecule has 0 aromatic heterocycles. The van der Waals surface area contributed by atoms with Crippen LogP contribution in [0.1, 0.15) is 22.3 Å². The van der Waals surface area contributed by atoms with Gasteiger partial charge in [0.05, 0.1) is 16.9 Å². The number of aryl methyl sites for hydroxylation is 1. The zero-order chi connectivity index (χ0) is 14.4. The van der Waals surface area contributed by atoms with Crippen molar-refractivity contribution >= 4 is 17.3 Å². The van der Waals surface area contributed by atoms with Crippen molar-refractivity contribution in [1.82, 2.24) is 0 Å². The molecule has 0 aliphatic carbocycles. The van der Waals surface area contributed by atoms with Crippen LogP contribution in [-0.4, -0.2) is 17.6 Å². The molecule has 0 saturated heterocycles. The van der Waals surface area contributed by atoms with E-state index in [4.69, 9.17) is 10.8 Å². The number of nitrogen functional groups attached to an aromatic ring is 1. The molecule has 20 heavy (non-hydrogen) atoms. The molecule has 0 radical (unpaired) electrons. The first-order valence-electron chi connectivity index (χ1n) is 6.58. The second kappa shape index (κ2) is 6.61. The van der Waals surface area contributed by atoms with Gasteiger partial charge in [0.1, 0.15) is 0 Å². The van der Waals surface area contributed by atoms with Crippen LogP contribution in [0.5, 0.6) is 0 Å². The van der Waals surface area contributed by atoms with E-state index in [2.05, 4.69) is 17.4 Å². The van der Waals surface area contributed by atoms with Crippen molar-refractivity contribution < 1.29 is 9.90 Å². The zero-order valence-corrected chi connectivity index (χ0v) is 11.2. The number of nitrogens with two attached hydrogens (primary N) is 1. The molecule has 4 nitrogen and oxygen atoms in total. The van der Waals surface area contributed by atoms with E-state index >= 15 is 0 Å². The predicted molar refractivity (Wildman–Crippen MR) is 81.1 cm³/mol. The smallest absolute Gasteiger partial charge is 0.337 e. The van der Waals surface area contributed by atoms with Gasteiger partial charge in [0.2, 0.25) is 0 Å². The monoisotopic (exact) mass is 270 g/mol. The van der Waals surface area contributed by atoms with Gasteiger partial charge in [0.15, 0.2) is 0 Å². The Morgan fingerprint density at radius 3 is 2.55 bits per heavy atom. The number of rotatable bonds is 6. The van der Waals surface area contributed by atoms with Crippen LogP contribution in [0.15, 0.2) is 48.5 Å². The van der Waals surface area contributed by atoms with Crippen LogP contribution in [0, 0.1) is 0 Å². The maximum absolute atomic E-state index is 11.0. The second-order valence-corrected chi connectivity index (χ2v) is 4.59. The average Bonchev–Trinajstić information content (AvgIpc) is 2.46. The molecule has 2 rings (SSSR count). The Hall–Kier alpha value is -2.49. The van der Waals surface area contributed by atoms with Crippen molar-refractivity contribution in [3.63, 3.8) is 0 Å². The lowest BCUT2D eigenvalue weighted by Crippen LogP contribution is -2.09. The van der Waals surface area contributed by atoms with Gasteiger partial charge in [-0.15, -0.1) is 0 Å². The Morgan fingerprint density at radius 1 is 1.10 bits per heavy atom. The van der Waals surface area contributed by atoms with Crippen LogP contribution >= 0.6 is 0 Å². The molecule has 0 aliphatic rings. The van der Waals surface area contributed by atoms with E-state index in [0.29, 0.717) is 11.4 Å². The summed E-state index contributed by atoms with van der Waals surface area (Å²) in [4.78, 5) is 11.0. The quantitative estimate of drug-likeness (QED) is 0.557. The lowest BCUT2D eigenvalue weighted by atomic mass is 10.1. The Balaban J connectivity index is 1.88. The van der Waals surface area contributed by atoms with Crippen molar-refractivity contribution in [1.29, 1.82) is 0 Å². The maximum atomic E-state index is 11.0. The summed E-state index contributed by atoms with van der Waals surface area (Å²) in [6.07, 6.45) is 1.94. The number of anilines is 2. The standard InChI is InChI=1S/C16H18N2O2/c17-15-13(16(19)20)9-4-10-14(15)18-11-5-8-12-6-2-1-3-7-12/h1-4,6-7,9-10,18H,5,8,11,17H2,(H,19,20). The van der Waals surface area contributed by atoms with Gasteiger partial charge in [-0.2, -0.15) is 0 Å². The van der Waals surface area contributed by atoms with Gasteiger partial charge in [-0.25, -0.2) is 4.79 Å². The maximum Gasteiger partial charge on any atom is 0.337 e. The highest BCUT2D eigenvalue weighted by Crippen LogP contribution is 2.22. The molecular weight excluding hydrogens is 252 g/mol. The summed E-state index contributed by atoms with van der Waals surface area (Å²) in [5.74, 6) is -1.00. The molecule has 4 N–H and O–H groups in total. The number of aromatic carboxylic acids is 1. The Morgan fingerprint density at radius 2 is 1.85 bits per heavy atom. The summed E-state index contributed by atoms with van der Waals surface area (Å²) < 4.78 is 0. The summed E-state index contributed by atoms with van der Waals surface area (Å²) >= 11 is 0. The van der Waals surface area contributed by atoms with E-state index in [1.807, 2.05) is 18.2 Å². The number of hydrogen-bond acceptors (Lipinski definition) is 3. The van der Waals surface area contributed by atoms with Crippen LogP contribution in [0.3, 0.4) is 0 Å². The molecule has 104 valence electrons. The number of carboxylic acid groups (broad SMARTS) is 1.